The first-order valence-electron chi connectivity index (χ1n) is 14.9. The molecule has 1 saturated heterocycles. The molecule has 0 radical (unpaired) electrons. The van der Waals surface area contributed by atoms with Crippen molar-refractivity contribution in [1.82, 2.24) is 24.2 Å². The van der Waals surface area contributed by atoms with Crippen LogP contribution in [0.2, 0.25) is 0 Å². The summed E-state index contributed by atoms with van der Waals surface area (Å²) in [6, 6.07) is 11.2. The third-order valence-corrected chi connectivity index (χ3v) is 9.27. The van der Waals surface area contributed by atoms with Crippen molar-refractivity contribution in [2.45, 2.75) is 70.7 Å². The predicted molar refractivity (Wildman–Crippen MR) is 170 cm³/mol. The van der Waals surface area contributed by atoms with Crippen LogP contribution in [0.1, 0.15) is 40.3 Å². The number of nitriles is 1. The Balaban J connectivity index is 1.63. The second-order valence-electron chi connectivity index (χ2n) is 10.9. The van der Waals surface area contributed by atoms with Crippen molar-refractivity contribution in [3.05, 3.63) is 43.0 Å². The van der Waals surface area contributed by atoms with Gasteiger partial charge in [-0.15, -0.1) is 6.42 Å². The average Bonchev–Trinajstić information content (AvgIpc) is 3.63. The van der Waals surface area contributed by atoms with Gasteiger partial charge in [0.1, 0.15) is 30.4 Å². The maximum atomic E-state index is 13.3. The summed E-state index contributed by atoms with van der Waals surface area (Å²) in [5.41, 5.74) is 0.661. The number of carbonyl (C=O) groups is 1. The van der Waals surface area contributed by atoms with Gasteiger partial charge in [-0.1, -0.05) is 24.1 Å². The number of amides is 1. The molecule has 5 atom stereocenters. The molecular formula is C31H40N7O7P. The van der Waals surface area contributed by atoms with E-state index in [9.17, 15) is 9.90 Å². The number of ether oxygens (including phenoxy) is 3. The molecule has 3 heterocycles. The van der Waals surface area contributed by atoms with Crippen LogP contribution in [0.15, 0.2) is 43.0 Å². The first-order valence-corrected chi connectivity index (χ1v) is 16.0. The number of carbonyl (C=O) groups excluding carboxylic acids is 1. The van der Waals surface area contributed by atoms with Crippen LogP contribution in [0.4, 0.5) is 5.82 Å². The fourth-order valence-electron chi connectivity index (χ4n) is 5.19. The molecule has 2 aromatic heterocycles. The Labute approximate surface area is 270 Å². The number of hydrogen-bond acceptors (Lipinski definition) is 12. The highest BCUT2D eigenvalue weighted by Crippen LogP contribution is 2.50. The largest absolute Gasteiger partial charge is 0.484 e. The summed E-state index contributed by atoms with van der Waals surface area (Å²) >= 11 is 0. The van der Waals surface area contributed by atoms with Crippen molar-refractivity contribution in [2.75, 3.05) is 38.4 Å². The lowest BCUT2D eigenvalue weighted by Gasteiger charge is -2.38. The first-order chi connectivity index (χ1) is 22.2. The van der Waals surface area contributed by atoms with Crippen LogP contribution in [0.25, 0.3) is 11.2 Å². The second kappa shape index (κ2) is 16.7. The van der Waals surface area contributed by atoms with Gasteiger partial charge in [-0.25, -0.2) is 19.6 Å². The summed E-state index contributed by atoms with van der Waals surface area (Å²) in [6.07, 6.45) is 5.57. The summed E-state index contributed by atoms with van der Waals surface area (Å²) in [6.45, 7) is 7.63. The summed E-state index contributed by atoms with van der Waals surface area (Å²) in [5, 5.41) is 19.4. The highest BCUT2D eigenvalue weighted by atomic mass is 31.2. The van der Waals surface area contributed by atoms with E-state index in [0.717, 1.165) is 0 Å². The van der Waals surface area contributed by atoms with Crippen LogP contribution < -0.4 is 9.64 Å². The van der Waals surface area contributed by atoms with Crippen molar-refractivity contribution < 1.29 is 33.2 Å². The van der Waals surface area contributed by atoms with Gasteiger partial charge in [-0.3, -0.25) is 14.3 Å². The van der Waals surface area contributed by atoms with E-state index in [2.05, 4.69) is 31.6 Å². The average molecular weight is 654 g/mol. The van der Waals surface area contributed by atoms with Crippen LogP contribution in [0.5, 0.6) is 5.75 Å². The molecule has 0 spiro atoms. The molecule has 3 unspecified atom stereocenters. The van der Waals surface area contributed by atoms with E-state index in [1.807, 2.05) is 45.9 Å². The van der Waals surface area contributed by atoms with Gasteiger partial charge in [0.15, 0.2) is 29.8 Å². The number of para-hydroxylation sites is 1. The van der Waals surface area contributed by atoms with Crippen LogP contribution in [0.3, 0.4) is 0 Å². The van der Waals surface area contributed by atoms with E-state index >= 15 is 0 Å². The molecule has 1 aromatic carbocycles. The molecule has 1 aliphatic heterocycles. The molecule has 0 saturated carbocycles. The molecule has 3 aromatic rings. The van der Waals surface area contributed by atoms with Gasteiger partial charge < -0.3 is 28.4 Å². The Hall–Kier alpha value is -3.72. The molecular weight excluding hydrogens is 613 g/mol. The third-order valence-electron chi connectivity index (χ3n) is 7.14. The Morgan fingerprint density at radius 3 is 2.54 bits per heavy atom. The van der Waals surface area contributed by atoms with Crippen LogP contribution in [-0.4, -0.2) is 99.1 Å². The van der Waals surface area contributed by atoms with Gasteiger partial charge in [0.25, 0.3) is 14.4 Å². The first kappa shape index (κ1) is 35.1. The van der Waals surface area contributed by atoms with Gasteiger partial charge in [-0.2, -0.15) is 5.26 Å². The number of hydrogen-bond donors (Lipinski definition) is 1. The molecule has 0 bridgehead atoms. The molecule has 14 nitrogen and oxygen atoms in total. The lowest BCUT2D eigenvalue weighted by atomic mass is 10.1. The van der Waals surface area contributed by atoms with Crippen LogP contribution >= 0.6 is 8.53 Å². The number of aliphatic hydroxyl groups excluding tert-OH is 1. The number of anilines is 1. The molecule has 246 valence electrons. The lowest BCUT2D eigenvalue weighted by molar-refractivity contribution is -0.120. The van der Waals surface area contributed by atoms with Gasteiger partial charge in [0, 0.05) is 19.2 Å². The number of aromatic nitrogens is 4. The second-order valence-corrected chi connectivity index (χ2v) is 12.3. The number of fused-ring (bicyclic) bond motifs is 1. The quantitative estimate of drug-likeness (QED) is 0.137. The Kier molecular flexibility index (Phi) is 12.8. The smallest absolute Gasteiger partial charge is 0.266 e. The Morgan fingerprint density at radius 2 is 1.91 bits per heavy atom. The topological polar surface area (TPSA) is 157 Å². The highest BCUT2D eigenvalue weighted by Gasteiger charge is 2.49. The minimum Gasteiger partial charge on any atom is -0.484 e. The molecule has 1 N–H and O–H groups in total. The van der Waals surface area contributed by atoms with Crippen molar-refractivity contribution in [3.8, 4) is 24.2 Å². The Bertz CT molecular complexity index is 1500. The molecule has 1 aliphatic rings. The van der Waals surface area contributed by atoms with E-state index in [1.54, 1.807) is 16.7 Å². The lowest BCUT2D eigenvalue weighted by Crippen LogP contribution is -2.40. The number of methoxy groups -OCH3 is 1. The number of imidazole rings is 1. The molecule has 1 fully saturated rings. The minimum absolute atomic E-state index is 0.0689. The summed E-state index contributed by atoms with van der Waals surface area (Å²) in [4.78, 5) is 27.9. The predicted octanol–water partition coefficient (Wildman–Crippen LogP) is 3.44. The zero-order chi connectivity index (χ0) is 33.2. The van der Waals surface area contributed by atoms with E-state index in [1.165, 1.54) is 24.7 Å². The maximum absolute atomic E-state index is 13.3. The van der Waals surface area contributed by atoms with Gasteiger partial charge >= 0.3 is 0 Å². The van der Waals surface area contributed by atoms with E-state index < -0.39 is 39.0 Å². The number of terminal acetylenes is 1. The number of nitrogens with zero attached hydrogens (tertiary/aromatic N) is 7. The summed E-state index contributed by atoms with van der Waals surface area (Å²) in [5.74, 6) is 2.83. The van der Waals surface area contributed by atoms with Gasteiger partial charge in [0.05, 0.1) is 38.6 Å². The van der Waals surface area contributed by atoms with E-state index in [0.29, 0.717) is 16.9 Å². The normalized spacial score (nSPS) is 20.2. The minimum atomic E-state index is -1.66. The van der Waals surface area contributed by atoms with Crippen molar-refractivity contribution in [2.24, 2.45) is 0 Å². The van der Waals surface area contributed by atoms with Crippen molar-refractivity contribution >= 4 is 31.4 Å². The monoisotopic (exact) mass is 653 g/mol. The molecule has 46 heavy (non-hydrogen) atoms. The van der Waals surface area contributed by atoms with Crippen LogP contribution in [-0.2, 0) is 23.3 Å². The van der Waals surface area contributed by atoms with Crippen molar-refractivity contribution in [3.63, 3.8) is 0 Å². The third kappa shape index (κ3) is 7.97. The van der Waals surface area contributed by atoms with E-state index in [4.69, 9.17) is 34.9 Å². The van der Waals surface area contributed by atoms with Crippen LogP contribution in [0, 0.1) is 23.7 Å². The number of rotatable bonds is 16. The zero-order valence-electron chi connectivity index (χ0n) is 26.6. The SMILES string of the molecule is C#CCN(C(=O)COc1ccccc1)c1ncnc2c1ncn2[C@@H]1O[C@H](CO)C(OP(OCCC#N)N(C(C)C)C(C)C)C1OC. The van der Waals surface area contributed by atoms with Crippen molar-refractivity contribution in [1.29, 1.82) is 5.26 Å². The number of aliphatic hydroxyl groups is 1. The zero-order valence-corrected chi connectivity index (χ0v) is 27.5. The fraction of sp³-hybridized carbons (Fsp3) is 0.516. The molecule has 15 heteroatoms. The van der Waals surface area contributed by atoms with E-state index in [-0.39, 0.29) is 50.7 Å². The highest BCUT2D eigenvalue weighted by molar-refractivity contribution is 7.44. The maximum Gasteiger partial charge on any atom is 0.266 e. The number of benzene rings is 1. The molecule has 1 amide bonds. The summed E-state index contributed by atoms with van der Waals surface area (Å²) in [7, 11) is -0.136. The van der Waals surface area contributed by atoms with Gasteiger partial charge in [0.2, 0.25) is 0 Å². The molecule has 4 rings (SSSR count). The molecule has 0 aliphatic carbocycles. The Morgan fingerprint density at radius 1 is 1.17 bits per heavy atom. The summed E-state index contributed by atoms with van der Waals surface area (Å²) < 4.78 is 34.3. The van der Waals surface area contributed by atoms with Gasteiger partial charge in [-0.05, 0) is 39.8 Å². The fourth-order valence-corrected chi connectivity index (χ4v) is 6.96. The standard InChI is InChI=1S/C31H40N7O7P/c1-7-15-36(25(40)18-42-23-12-9-8-10-13-23)29-26-30(34-19-33-29)37(20-35-26)31-28(41-6)27(24(17-39)44-31)45-46(43-16-11-14-32)38(21(2)3)22(4)5/h1,8-10,12-13,19-22,24,27-28,31,39H,11,15-18H2,2-6H3/t24-,27?,28?,31-,46?/m1/s1.